The number of alkyl halides is 2. The number of nitrogens with one attached hydrogen (secondary N) is 1. The molecular weight excluding hydrogens is 462 g/mol. The van der Waals surface area contributed by atoms with Crippen LogP contribution in [0.15, 0.2) is 53.4 Å². The molecule has 1 atom stereocenters. The van der Waals surface area contributed by atoms with E-state index in [1.165, 1.54) is 28.6 Å². The van der Waals surface area contributed by atoms with Crippen LogP contribution in [0.2, 0.25) is 0 Å². The summed E-state index contributed by atoms with van der Waals surface area (Å²) in [6.45, 7) is -1.26. The normalized spacial score (nSPS) is 16.3. The molecule has 1 amide bonds. The summed E-state index contributed by atoms with van der Waals surface area (Å²) in [7, 11) is -2.19. The number of imidazole rings is 1. The molecule has 1 N–H and O–H groups in total. The number of aromatic nitrogens is 2. The van der Waals surface area contributed by atoms with Gasteiger partial charge in [-0.2, -0.15) is 13.1 Å². The van der Waals surface area contributed by atoms with Crippen molar-refractivity contribution in [2.45, 2.75) is 62.6 Å². The molecule has 1 aliphatic rings. The van der Waals surface area contributed by atoms with Crippen LogP contribution in [-0.4, -0.2) is 41.3 Å². The average molecular weight is 491 g/mol. The lowest BCUT2D eigenvalue weighted by Crippen LogP contribution is -2.38. The largest absolute Gasteiger partial charge is 0.342 e. The Hall–Kier alpha value is -2.85. The first kappa shape index (κ1) is 24.3. The maximum Gasteiger partial charge on any atom is 0.320 e. The smallest absolute Gasteiger partial charge is 0.320 e. The third-order valence-corrected chi connectivity index (χ3v) is 8.32. The van der Waals surface area contributed by atoms with Crippen LogP contribution in [0.5, 0.6) is 0 Å². The summed E-state index contributed by atoms with van der Waals surface area (Å²) in [5.41, 5.74) is 0.801. The number of hydrogen-bond donors (Lipinski definition) is 1. The molecule has 0 bridgehead atoms. The van der Waals surface area contributed by atoms with E-state index in [1.807, 2.05) is 0 Å². The van der Waals surface area contributed by atoms with Crippen molar-refractivity contribution in [2.24, 2.45) is 0 Å². The predicted molar refractivity (Wildman–Crippen MR) is 125 cm³/mol. The number of fused-ring (bicyclic) bond motifs is 1. The third-order valence-electron chi connectivity index (χ3n) is 6.42. The van der Waals surface area contributed by atoms with E-state index in [0.29, 0.717) is 5.52 Å². The van der Waals surface area contributed by atoms with Gasteiger partial charge in [0.05, 0.1) is 22.0 Å². The zero-order valence-corrected chi connectivity index (χ0v) is 19.9. The molecular formula is C24H28F2N4O3S. The minimum Gasteiger partial charge on any atom is -0.342 e. The van der Waals surface area contributed by atoms with Crippen molar-refractivity contribution in [3.8, 4) is 0 Å². The number of sulfonamides is 1. The molecule has 1 fully saturated rings. The van der Waals surface area contributed by atoms with Crippen molar-refractivity contribution in [1.82, 2.24) is 19.2 Å². The van der Waals surface area contributed by atoms with Crippen molar-refractivity contribution in [2.75, 3.05) is 7.05 Å². The number of rotatable bonds is 7. The van der Waals surface area contributed by atoms with Gasteiger partial charge in [0.25, 0.3) is 5.91 Å². The van der Waals surface area contributed by atoms with Gasteiger partial charge in [0.15, 0.2) is 0 Å². The van der Waals surface area contributed by atoms with Gasteiger partial charge in [-0.25, -0.2) is 13.4 Å². The Morgan fingerprint density at radius 2 is 1.82 bits per heavy atom. The Balaban J connectivity index is 1.56. The molecule has 1 unspecified atom stereocenters. The lowest BCUT2D eigenvalue weighted by Gasteiger charge is -2.30. The molecule has 34 heavy (non-hydrogen) atoms. The average Bonchev–Trinajstić information content (AvgIpc) is 3.24. The van der Waals surface area contributed by atoms with Gasteiger partial charge < -0.3 is 5.32 Å². The molecule has 182 valence electrons. The maximum absolute atomic E-state index is 13.8. The zero-order valence-electron chi connectivity index (χ0n) is 19.1. The standard InChI is InChI=1S/C24H28F2N4O3S/c1-16(22-28-20-13-6-7-14-21(20)30(22)24(25)26)27-23(31)17-9-8-12-19(15-17)34(32,33)29(2)18-10-4-3-5-11-18/h6-9,12-16,18,24H,3-5,10-11H2,1-2H3,(H,27,31). The number of para-hydroxylation sites is 2. The minimum absolute atomic E-state index is 0.0188. The monoisotopic (exact) mass is 490 g/mol. The Kier molecular flexibility index (Phi) is 6.99. The van der Waals surface area contributed by atoms with E-state index < -0.39 is 28.5 Å². The molecule has 1 aliphatic carbocycles. The first-order valence-corrected chi connectivity index (χ1v) is 12.8. The van der Waals surface area contributed by atoms with Crippen molar-refractivity contribution < 1.29 is 22.0 Å². The Labute approximate surface area is 197 Å². The van der Waals surface area contributed by atoms with E-state index in [0.717, 1.165) is 36.7 Å². The highest BCUT2D eigenvalue weighted by molar-refractivity contribution is 7.89. The minimum atomic E-state index is -3.77. The second-order valence-electron chi connectivity index (χ2n) is 8.64. The maximum atomic E-state index is 13.8. The van der Waals surface area contributed by atoms with Crippen LogP contribution in [0.3, 0.4) is 0 Å². The first-order chi connectivity index (χ1) is 16.2. The number of nitrogens with zero attached hydrogens (tertiary/aromatic N) is 3. The molecule has 0 aliphatic heterocycles. The zero-order chi connectivity index (χ0) is 24.5. The summed E-state index contributed by atoms with van der Waals surface area (Å²) in [6.07, 6.45) is 4.73. The fourth-order valence-corrected chi connectivity index (χ4v) is 5.99. The van der Waals surface area contributed by atoms with Gasteiger partial charge in [0.2, 0.25) is 10.0 Å². The molecule has 0 radical (unpaired) electrons. The fourth-order valence-electron chi connectivity index (χ4n) is 4.52. The molecule has 1 aromatic heterocycles. The van der Waals surface area contributed by atoms with Crippen molar-refractivity contribution in [3.63, 3.8) is 0 Å². The van der Waals surface area contributed by atoms with Crippen LogP contribution in [0, 0.1) is 0 Å². The van der Waals surface area contributed by atoms with Crippen molar-refractivity contribution in [1.29, 1.82) is 0 Å². The molecule has 4 rings (SSSR count). The number of benzene rings is 2. The van der Waals surface area contributed by atoms with Crippen LogP contribution in [-0.2, 0) is 10.0 Å². The van der Waals surface area contributed by atoms with E-state index in [2.05, 4.69) is 10.3 Å². The highest BCUT2D eigenvalue weighted by atomic mass is 32.2. The third kappa shape index (κ3) is 4.69. The van der Waals surface area contributed by atoms with Crippen molar-refractivity contribution >= 4 is 27.0 Å². The van der Waals surface area contributed by atoms with Gasteiger partial charge >= 0.3 is 6.55 Å². The number of amides is 1. The Morgan fingerprint density at radius 3 is 2.53 bits per heavy atom. The molecule has 3 aromatic rings. The van der Waals surface area contributed by atoms with Crippen LogP contribution < -0.4 is 5.32 Å². The number of halogens is 2. The Morgan fingerprint density at radius 1 is 1.12 bits per heavy atom. The summed E-state index contributed by atoms with van der Waals surface area (Å²) in [5, 5.41) is 2.68. The van der Waals surface area contributed by atoms with Crippen LogP contribution in [0.1, 0.15) is 67.8 Å². The lowest BCUT2D eigenvalue weighted by atomic mass is 9.96. The summed E-state index contributed by atoms with van der Waals surface area (Å²) in [6, 6.07) is 11.4. The van der Waals surface area contributed by atoms with E-state index in [9.17, 15) is 22.0 Å². The highest BCUT2D eigenvalue weighted by Gasteiger charge is 2.30. The van der Waals surface area contributed by atoms with Crippen LogP contribution in [0.4, 0.5) is 8.78 Å². The topological polar surface area (TPSA) is 84.3 Å². The number of hydrogen-bond acceptors (Lipinski definition) is 4. The van der Waals surface area contributed by atoms with Gasteiger partial charge in [-0.15, -0.1) is 0 Å². The summed E-state index contributed by atoms with van der Waals surface area (Å²) < 4.78 is 56.1. The van der Waals surface area contributed by atoms with E-state index in [1.54, 1.807) is 38.2 Å². The fraction of sp³-hybridized carbons (Fsp3) is 0.417. The summed E-state index contributed by atoms with van der Waals surface area (Å²) in [4.78, 5) is 17.2. The van der Waals surface area contributed by atoms with Crippen LogP contribution in [0.25, 0.3) is 11.0 Å². The molecule has 1 heterocycles. The van der Waals surface area contributed by atoms with Gasteiger partial charge in [-0.3, -0.25) is 9.36 Å². The molecule has 2 aromatic carbocycles. The van der Waals surface area contributed by atoms with E-state index in [4.69, 9.17) is 0 Å². The quantitative estimate of drug-likeness (QED) is 0.512. The van der Waals surface area contributed by atoms with Gasteiger partial charge in [0, 0.05) is 18.7 Å². The molecule has 1 saturated carbocycles. The molecule has 0 saturated heterocycles. The number of carbonyl (C=O) groups excluding carboxylic acids is 1. The second-order valence-corrected chi connectivity index (χ2v) is 10.6. The Bertz CT molecular complexity index is 1290. The molecule has 7 nitrogen and oxygen atoms in total. The predicted octanol–water partition coefficient (Wildman–Crippen LogP) is 4.88. The second kappa shape index (κ2) is 9.79. The van der Waals surface area contributed by atoms with Gasteiger partial charge in [-0.1, -0.05) is 37.5 Å². The summed E-state index contributed by atoms with van der Waals surface area (Å²) in [5.74, 6) is -0.553. The van der Waals surface area contributed by atoms with Crippen molar-refractivity contribution in [3.05, 3.63) is 59.9 Å². The summed E-state index contributed by atoms with van der Waals surface area (Å²) >= 11 is 0. The van der Waals surface area contributed by atoms with Gasteiger partial charge in [0.1, 0.15) is 5.82 Å². The number of carbonyl (C=O) groups is 1. The van der Waals surface area contributed by atoms with E-state index in [-0.39, 0.29) is 27.8 Å². The van der Waals surface area contributed by atoms with E-state index >= 15 is 0 Å². The SMILES string of the molecule is CC(NC(=O)c1cccc(S(=O)(=O)N(C)C2CCCCC2)c1)c1nc2ccccc2n1C(F)F. The van der Waals surface area contributed by atoms with Gasteiger partial charge in [-0.05, 0) is 50.1 Å². The molecule has 10 heteroatoms. The highest BCUT2D eigenvalue weighted by Crippen LogP contribution is 2.28. The first-order valence-electron chi connectivity index (χ1n) is 11.3. The molecule has 0 spiro atoms. The van der Waals surface area contributed by atoms with Crippen LogP contribution >= 0.6 is 0 Å². The lowest BCUT2D eigenvalue weighted by molar-refractivity contribution is 0.0688.